The second-order valence-electron chi connectivity index (χ2n) is 7.13. The molecule has 0 saturated heterocycles. The molecule has 0 aliphatic carbocycles. The van der Waals surface area contributed by atoms with Crippen LogP contribution in [0.4, 0.5) is 5.69 Å². The van der Waals surface area contributed by atoms with Crippen molar-refractivity contribution in [2.75, 3.05) is 18.5 Å². The summed E-state index contributed by atoms with van der Waals surface area (Å²) in [6.45, 7) is 7.06. The van der Waals surface area contributed by atoms with Crippen molar-refractivity contribution < 1.29 is 9.53 Å². The Morgan fingerprint density at radius 1 is 1.00 bits per heavy atom. The Morgan fingerprint density at radius 3 is 2.38 bits per heavy atom. The monoisotopic (exact) mass is 408 g/mol. The van der Waals surface area contributed by atoms with Gasteiger partial charge in [0, 0.05) is 4.88 Å². The maximum absolute atomic E-state index is 12.6. The standard InChI is InChI=1S/C24H28N2O2S/c1-4-28-21-9-6-5-8-20(21)26-23(27)16-25-24(22-10-7-15-29-22)19-13-11-18(12-14-19)17(2)3/h5-15,17,24-25H,4,16H2,1-3H3,(H,26,27)/t24-/m0/s1. The first-order chi connectivity index (χ1) is 14.1. The van der Waals surface area contributed by atoms with Gasteiger partial charge >= 0.3 is 0 Å². The Bertz CT molecular complexity index is 905. The summed E-state index contributed by atoms with van der Waals surface area (Å²) in [4.78, 5) is 13.8. The topological polar surface area (TPSA) is 50.4 Å². The van der Waals surface area contributed by atoms with E-state index in [0.29, 0.717) is 24.0 Å². The Morgan fingerprint density at radius 2 is 1.72 bits per heavy atom. The summed E-state index contributed by atoms with van der Waals surface area (Å²) in [5.74, 6) is 1.08. The Kier molecular flexibility index (Phi) is 7.44. The van der Waals surface area contributed by atoms with Gasteiger partial charge in [0.15, 0.2) is 0 Å². The molecule has 152 valence electrons. The molecule has 5 heteroatoms. The fourth-order valence-electron chi connectivity index (χ4n) is 3.15. The molecule has 2 N–H and O–H groups in total. The van der Waals surface area contributed by atoms with Crippen LogP contribution in [-0.2, 0) is 4.79 Å². The molecule has 0 bridgehead atoms. The van der Waals surface area contributed by atoms with Crippen LogP contribution >= 0.6 is 11.3 Å². The van der Waals surface area contributed by atoms with Crippen LogP contribution in [-0.4, -0.2) is 19.1 Å². The predicted octanol–water partition coefficient (Wildman–Crippen LogP) is 5.59. The van der Waals surface area contributed by atoms with Crippen molar-refractivity contribution in [2.45, 2.75) is 32.7 Å². The van der Waals surface area contributed by atoms with Crippen LogP contribution in [0, 0.1) is 0 Å². The molecule has 3 rings (SSSR count). The average molecular weight is 409 g/mol. The molecular weight excluding hydrogens is 380 g/mol. The van der Waals surface area contributed by atoms with Gasteiger partial charge in [-0.15, -0.1) is 11.3 Å². The zero-order chi connectivity index (χ0) is 20.6. The molecule has 0 aliphatic heterocycles. The largest absolute Gasteiger partial charge is 0.492 e. The van der Waals surface area contributed by atoms with Crippen LogP contribution in [0.25, 0.3) is 0 Å². The highest BCUT2D eigenvalue weighted by atomic mass is 32.1. The van der Waals surface area contributed by atoms with Crippen LogP contribution in [0.5, 0.6) is 5.75 Å². The first kappa shape index (κ1) is 21.1. The quantitative estimate of drug-likeness (QED) is 0.485. The van der Waals surface area contributed by atoms with Gasteiger partial charge in [0.1, 0.15) is 5.75 Å². The molecule has 0 saturated carbocycles. The van der Waals surface area contributed by atoms with E-state index < -0.39 is 0 Å². The van der Waals surface area contributed by atoms with E-state index in [-0.39, 0.29) is 18.5 Å². The molecular formula is C24H28N2O2S. The summed E-state index contributed by atoms with van der Waals surface area (Å²) >= 11 is 1.69. The number of benzene rings is 2. The molecule has 0 spiro atoms. The molecule has 0 radical (unpaired) electrons. The fraction of sp³-hybridized carbons (Fsp3) is 0.292. The minimum absolute atomic E-state index is 0.0240. The summed E-state index contributed by atoms with van der Waals surface area (Å²) < 4.78 is 5.59. The van der Waals surface area contributed by atoms with Gasteiger partial charge in [-0.3, -0.25) is 10.1 Å². The number of carbonyl (C=O) groups is 1. The van der Waals surface area contributed by atoms with E-state index in [4.69, 9.17) is 4.74 Å². The maximum Gasteiger partial charge on any atom is 0.238 e. The van der Waals surface area contributed by atoms with E-state index >= 15 is 0 Å². The molecule has 0 aliphatic rings. The van der Waals surface area contributed by atoms with Crippen molar-refractivity contribution in [1.29, 1.82) is 0 Å². The van der Waals surface area contributed by atoms with Gasteiger partial charge in [0.05, 0.1) is 24.9 Å². The molecule has 1 atom stereocenters. The SMILES string of the molecule is CCOc1ccccc1NC(=O)CN[C@@H](c1ccc(C(C)C)cc1)c1cccs1. The van der Waals surface area contributed by atoms with Crippen molar-refractivity contribution in [3.05, 3.63) is 82.0 Å². The molecule has 1 aromatic heterocycles. The van der Waals surface area contributed by atoms with E-state index in [0.717, 1.165) is 5.56 Å². The first-order valence-corrected chi connectivity index (χ1v) is 10.8. The molecule has 0 fully saturated rings. The maximum atomic E-state index is 12.6. The third-order valence-electron chi connectivity index (χ3n) is 4.69. The van der Waals surface area contributed by atoms with Crippen LogP contribution in [0.3, 0.4) is 0 Å². The van der Waals surface area contributed by atoms with E-state index in [1.807, 2.05) is 37.3 Å². The zero-order valence-electron chi connectivity index (χ0n) is 17.1. The van der Waals surface area contributed by atoms with Gasteiger partial charge in [-0.25, -0.2) is 0 Å². The van der Waals surface area contributed by atoms with Crippen molar-refractivity contribution in [3.63, 3.8) is 0 Å². The van der Waals surface area contributed by atoms with Crippen LogP contribution < -0.4 is 15.4 Å². The highest BCUT2D eigenvalue weighted by molar-refractivity contribution is 7.10. The molecule has 1 amide bonds. The zero-order valence-corrected chi connectivity index (χ0v) is 18.0. The molecule has 29 heavy (non-hydrogen) atoms. The van der Waals surface area contributed by atoms with Gasteiger partial charge in [-0.2, -0.15) is 0 Å². The highest BCUT2D eigenvalue weighted by Gasteiger charge is 2.17. The van der Waals surface area contributed by atoms with E-state index in [1.165, 1.54) is 10.4 Å². The molecule has 4 nitrogen and oxygen atoms in total. The van der Waals surface area contributed by atoms with Crippen molar-refractivity contribution >= 4 is 22.9 Å². The van der Waals surface area contributed by atoms with Gasteiger partial charge in [0.25, 0.3) is 0 Å². The number of thiophene rings is 1. The van der Waals surface area contributed by atoms with Crippen molar-refractivity contribution in [3.8, 4) is 5.75 Å². The molecule has 2 aromatic carbocycles. The van der Waals surface area contributed by atoms with Gasteiger partial charge in [0.2, 0.25) is 5.91 Å². The van der Waals surface area contributed by atoms with Crippen LogP contribution in [0.2, 0.25) is 0 Å². The Labute approximate surface area is 176 Å². The second-order valence-corrected chi connectivity index (χ2v) is 8.11. The summed E-state index contributed by atoms with van der Waals surface area (Å²) in [5, 5.41) is 8.43. The number of ether oxygens (including phenoxy) is 1. The van der Waals surface area contributed by atoms with Gasteiger partial charge in [-0.1, -0.05) is 56.3 Å². The van der Waals surface area contributed by atoms with Crippen LogP contribution in [0.15, 0.2) is 66.0 Å². The van der Waals surface area contributed by atoms with Crippen molar-refractivity contribution in [2.24, 2.45) is 0 Å². The number of anilines is 1. The second kappa shape index (κ2) is 10.2. The number of rotatable bonds is 9. The van der Waals surface area contributed by atoms with Crippen molar-refractivity contribution in [1.82, 2.24) is 5.32 Å². The third kappa shape index (κ3) is 5.68. The molecule has 0 unspecified atom stereocenters. The normalized spacial score (nSPS) is 12.0. The third-order valence-corrected chi connectivity index (χ3v) is 5.63. The number of hydrogen-bond donors (Lipinski definition) is 2. The molecule has 3 aromatic rings. The average Bonchev–Trinajstić information content (AvgIpc) is 3.25. The summed E-state index contributed by atoms with van der Waals surface area (Å²) in [7, 11) is 0. The number of hydrogen-bond acceptors (Lipinski definition) is 4. The van der Waals surface area contributed by atoms with E-state index in [2.05, 4.69) is 60.2 Å². The summed E-state index contributed by atoms with van der Waals surface area (Å²) in [6, 6.07) is 20.2. The smallest absolute Gasteiger partial charge is 0.238 e. The van der Waals surface area contributed by atoms with E-state index in [1.54, 1.807) is 11.3 Å². The number of nitrogens with one attached hydrogen (secondary N) is 2. The highest BCUT2D eigenvalue weighted by Crippen LogP contribution is 2.28. The fourth-order valence-corrected chi connectivity index (χ4v) is 3.98. The van der Waals surface area contributed by atoms with Gasteiger partial charge < -0.3 is 10.1 Å². The van der Waals surface area contributed by atoms with Crippen LogP contribution in [0.1, 0.15) is 48.7 Å². The Hall–Kier alpha value is -2.63. The number of amides is 1. The minimum atomic E-state index is -0.0995. The number of carbonyl (C=O) groups excluding carboxylic acids is 1. The van der Waals surface area contributed by atoms with Gasteiger partial charge in [-0.05, 0) is 47.5 Å². The van der Waals surface area contributed by atoms with E-state index in [9.17, 15) is 4.79 Å². The molecule has 1 heterocycles. The lowest BCUT2D eigenvalue weighted by molar-refractivity contribution is -0.115. The lowest BCUT2D eigenvalue weighted by atomic mass is 9.98. The lowest BCUT2D eigenvalue weighted by Crippen LogP contribution is -2.31. The number of para-hydroxylation sites is 2. The Balaban J connectivity index is 1.70. The lowest BCUT2D eigenvalue weighted by Gasteiger charge is -2.19. The minimum Gasteiger partial charge on any atom is -0.492 e. The summed E-state index contributed by atoms with van der Waals surface area (Å²) in [6.07, 6.45) is 0. The predicted molar refractivity (Wildman–Crippen MR) is 121 cm³/mol. The summed E-state index contributed by atoms with van der Waals surface area (Å²) in [5.41, 5.74) is 3.15. The first-order valence-electron chi connectivity index (χ1n) is 9.96.